The molecule has 3 heteroatoms. The molecular weight excluding hydrogens is 200 g/mol. The largest absolute Gasteiger partial charge is 0.376 e. The van der Waals surface area contributed by atoms with E-state index in [1.807, 2.05) is 0 Å². The van der Waals surface area contributed by atoms with Crippen molar-refractivity contribution in [3.05, 3.63) is 0 Å². The van der Waals surface area contributed by atoms with Crippen LogP contribution in [0.15, 0.2) is 0 Å². The fourth-order valence-corrected chi connectivity index (χ4v) is 3.05. The van der Waals surface area contributed by atoms with Crippen molar-refractivity contribution in [2.24, 2.45) is 11.3 Å². The molecule has 0 aliphatic carbocycles. The minimum absolute atomic E-state index is 0.410. The molecule has 0 spiro atoms. The Morgan fingerprint density at radius 2 is 2.31 bits per heavy atom. The van der Waals surface area contributed by atoms with E-state index < -0.39 is 0 Å². The highest BCUT2D eigenvalue weighted by Crippen LogP contribution is 2.35. The number of morpholine rings is 1. The molecule has 2 atom stereocenters. The van der Waals surface area contributed by atoms with E-state index in [9.17, 15) is 0 Å². The third-order valence-corrected chi connectivity index (χ3v) is 4.37. The first-order valence-electron chi connectivity index (χ1n) is 6.67. The normalized spacial score (nSPS) is 37.1. The second-order valence-corrected chi connectivity index (χ2v) is 5.86. The Morgan fingerprint density at radius 3 is 2.88 bits per heavy atom. The fraction of sp³-hybridized carbons (Fsp3) is 1.00. The minimum atomic E-state index is 0.410. The predicted molar refractivity (Wildman–Crippen MR) is 66.6 cm³/mol. The molecule has 1 N–H and O–H groups in total. The molecule has 0 bridgehead atoms. The first kappa shape index (κ1) is 12.3. The average molecular weight is 226 g/mol. The Bertz CT molecular complexity index is 224. The lowest BCUT2D eigenvalue weighted by Gasteiger charge is -2.40. The fourth-order valence-electron chi connectivity index (χ4n) is 3.05. The van der Waals surface area contributed by atoms with Crippen molar-refractivity contribution in [3.8, 4) is 0 Å². The Labute approximate surface area is 99.5 Å². The summed E-state index contributed by atoms with van der Waals surface area (Å²) in [5, 5.41) is 3.54. The van der Waals surface area contributed by atoms with Gasteiger partial charge in [0, 0.05) is 26.2 Å². The van der Waals surface area contributed by atoms with Crippen molar-refractivity contribution in [2.45, 2.75) is 33.3 Å². The van der Waals surface area contributed by atoms with Crippen molar-refractivity contribution in [2.75, 3.05) is 39.3 Å². The first-order valence-corrected chi connectivity index (χ1v) is 6.67. The smallest absolute Gasteiger partial charge is 0.0674 e. The molecule has 3 nitrogen and oxygen atoms in total. The topological polar surface area (TPSA) is 24.5 Å². The van der Waals surface area contributed by atoms with Crippen molar-refractivity contribution in [1.29, 1.82) is 0 Å². The lowest BCUT2D eigenvalue weighted by molar-refractivity contribution is -0.0357. The summed E-state index contributed by atoms with van der Waals surface area (Å²) in [7, 11) is 0. The van der Waals surface area contributed by atoms with E-state index in [1.165, 1.54) is 26.1 Å². The molecule has 2 aliphatic rings. The van der Waals surface area contributed by atoms with Crippen molar-refractivity contribution in [3.63, 3.8) is 0 Å². The molecule has 2 fully saturated rings. The number of ether oxygens (including phenoxy) is 1. The summed E-state index contributed by atoms with van der Waals surface area (Å²) in [6.45, 7) is 13.7. The van der Waals surface area contributed by atoms with E-state index in [-0.39, 0.29) is 0 Å². The Balaban J connectivity index is 1.95. The van der Waals surface area contributed by atoms with Gasteiger partial charge in [0.1, 0.15) is 0 Å². The van der Waals surface area contributed by atoms with Gasteiger partial charge < -0.3 is 10.1 Å². The molecule has 2 saturated heterocycles. The van der Waals surface area contributed by atoms with Crippen LogP contribution < -0.4 is 5.32 Å². The van der Waals surface area contributed by atoms with Gasteiger partial charge in [-0.1, -0.05) is 13.8 Å². The third kappa shape index (κ3) is 2.58. The van der Waals surface area contributed by atoms with Crippen molar-refractivity contribution in [1.82, 2.24) is 10.2 Å². The molecule has 94 valence electrons. The number of hydrogen-bond acceptors (Lipinski definition) is 3. The van der Waals surface area contributed by atoms with Gasteiger partial charge in [-0.3, -0.25) is 4.90 Å². The summed E-state index contributed by atoms with van der Waals surface area (Å²) in [6.07, 6.45) is 1.74. The van der Waals surface area contributed by atoms with Gasteiger partial charge in [0.15, 0.2) is 0 Å². The predicted octanol–water partition coefficient (Wildman–Crippen LogP) is 1.34. The maximum Gasteiger partial charge on any atom is 0.0674 e. The maximum atomic E-state index is 5.61. The number of nitrogens with one attached hydrogen (secondary N) is 1. The van der Waals surface area contributed by atoms with Gasteiger partial charge >= 0.3 is 0 Å². The molecule has 16 heavy (non-hydrogen) atoms. The quantitative estimate of drug-likeness (QED) is 0.786. The van der Waals surface area contributed by atoms with E-state index in [2.05, 4.69) is 31.0 Å². The van der Waals surface area contributed by atoms with Crippen molar-refractivity contribution >= 4 is 0 Å². The summed E-state index contributed by atoms with van der Waals surface area (Å²) in [5.41, 5.74) is 0.497. The molecule has 2 heterocycles. The molecule has 0 radical (unpaired) electrons. The van der Waals surface area contributed by atoms with E-state index in [1.54, 1.807) is 0 Å². The summed E-state index contributed by atoms with van der Waals surface area (Å²) >= 11 is 0. The number of rotatable bonds is 3. The Morgan fingerprint density at radius 1 is 1.50 bits per heavy atom. The summed E-state index contributed by atoms with van der Waals surface area (Å²) in [5.74, 6) is 0.764. The highest BCUT2D eigenvalue weighted by Gasteiger charge is 2.38. The lowest BCUT2D eigenvalue weighted by atomic mass is 9.76. The van der Waals surface area contributed by atoms with Crippen LogP contribution in [-0.4, -0.2) is 50.3 Å². The zero-order valence-corrected chi connectivity index (χ0v) is 11.0. The van der Waals surface area contributed by atoms with Crippen LogP contribution in [0, 0.1) is 11.3 Å². The molecule has 2 rings (SSSR count). The zero-order valence-electron chi connectivity index (χ0n) is 11.0. The van der Waals surface area contributed by atoms with Crippen LogP contribution in [0.1, 0.15) is 27.2 Å². The van der Waals surface area contributed by atoms with Crippen LogP contribution >= 0.6 is 0 Å². The second-order valence-electron chi connectivity index (χ2n) is 5.86. The standard InChI is InChI=1S/C13H26N2O/c1-11(2)13(4-5-14-9-13)10-15-6-7-16-12(3)8-15/h11-12,14H,4-10H2,1-3H3. The highest BCUT2D eigenvalue weighted by atomic mass is 16.5. The van der Waals surface area contributed by atoms with Gasteiger partial charge in [-0.05, 0) is 31.2 Å². The van der Waals surface area contributed by atoms with Crippen molar-refractivity contribution < 1.29 is 4.74 Å². The number of nitrogens with zero attached hydrogens (tertiary/aromatic N) is 1. The van der Waals surface area contributed by atoms with E-state index in [4.69, 9.17) is 4.74 Å². The summed E-state index contributed by atoms with van der Waals surface area (Å²) in [4.78, 5) is 2.60. The SMILES string of the molecule is CC1CN(CC2(C(C)C)CCNC2)CCO1. The van der Waals surface area contributed by atoms with Crippen LogP contribution in [0.3, 0.4) is 0 Å². The van der Waals surface area contributed by atoms with Gasteiger partial charge in [-0.15, -0.1) is 0 Å². The highest BCUT2D eigenvalue weighted by molar-refractivity contribution is 4.93. The molecule has 0 aromatic heterocycles. The molecule has 2 unspecified atom stereocenters. The van der Waals surface area contributed by atoms with E-state index >= 15 is 0 Å². The van der Waals surface area contributed by atoms with Gasteiger partial charge in [-0.2, -0.15) is 0 Å². The first-order chi connectivity index (χ1) is 7.62. The lowest BCUT2D eigenvalue weighted by Crippen LogP contribution is -2.49. The maximum absolute atomic E-state index is 5.61. The third-order valence-electron chi connectivity index (χ3n) is 4.37. The van der Waals surface area contributed by atoms with Crippen LogP contribution in [-0.2, 0) is 4.74 Å². The van der Waals surface area contributed by atoms with Gasteiger partial charge in [0.2, 0.25) is 0 Å². The summed E-state index contributed by atoms with van der Waals surface area (Å²) in [6, 6.07) is 0. The van der Waals surface area contributed by atoms with Gasteiger partial charge in [0.05, 0.1) is 12.7 Å². The monoisotopic (exact) mass is 226 g/mol. The van der Waals surface area contributed by atoms with E-state index in [0.29, 0.717) is 11.5 Å². The van der Waals surface area contributed by atoms with Crippen LogP contribution in [0.4, 0.5) is 0 Å². The zero-order chi connectivity index (χ0) is 11.6. The molecule has 2 aliphatic heterocycles. The average Bonchev–Trinajstić information content (AvgIpc) is 2.67. The minimum Gasteiger partial charge on any atom is -0.376 e. The van der Waals surface area contributed by atoms with Gasteiger partial charge in [-0.25, -0.2) is 0 Å². The molecule has 0 aromatic carbocycles. The van der Waals surface area contributed by atoms with Gasteiger partial charge in [0.25, 0.3) is 0 Å². The second kappa shape index (κ2) is 5.03. The van der Waals surface area contributed by atoms with E-state index in [0.717, 1.165) is 25.6 Å². The van der Waals surface area contributed by atoms with Crippen LogP contribution in [0.5, 0.6) is 0 Å². The van der Waals surface area contributed by atoms with Crippen LogP contribution in [0.2, 0.25) is 0 Å². The molecule has 0 amide bonds. The Hall–Kier alpha value is -0.120. The van der Waals surface area contributed by atoms with Crippen LogP contribution in [0.25, 0.3) is 0 Å². The molecular formula is C13H26N2O. The Kier molecular flexibility index (Phi) is 3.88. The molecule has 0 saturated carbocycles. The molecule has 0 aromatic rings. The number of hydrogen-bond donors (Lipinski definition) is 1. The summed E-state index contributed by atoms with van der Waals surface area (Å²) < 4.78 is 5.61.